The molecule has 0 aromatic heterocycles. The minimum Gasteiger partial charge on any atom is -0.382 e. The van der Waals surface area contributed by atoms with Crippen molar-refractivity contribution < 1.29 is 9.18 Å². The van der Waals surface area contributed by atoms with Gasteiger partial charge in [-0.05, 0) is 18.2 Å². The number of amides is 1. The molecule has 0 aliphatic heterocycles. The quantitative estimate of drug-likeness (QED) is 0.342. The molecule has 7 nitrogen and oxygen atoms in total. The van der Waals surface area contributed by atoms with Gasteiger partial charge in [-0.3, -0.25) is 15.6 Å². The maximum absolute atomic E-state index is 13.1. The summed E-state index contributed by atoms with van der Waals surface area (Å²) in [6, 6.07) is 4.84. The first-order valence-electron chi connectivity index (χ1n) is 4.62. The van der Waals surface area contributed by atoms with Crippen molar-refractivity contribution in [2.24, 2.45) is 16.6 Å². The number of nitriles is 1. The third kappa shape index (κ3) is 3.28. The number of primary amides is 1. The number of nitrogens with two attached hydrogens (primary N) is 2. The van der Waals surface area contributed by atoms with Gasteiger partial charge in [0, 0.05) is 5.56 Å². The maximum Gasteiger partial charge on any atom is 0.248 e. The molecular formula is C10H9FN6O. The summed E-state index contributed by atoms with van der Waals surface area (Å²) in [5.74, 6) is -2.02. The van der Waals surface area contributed by atoms with Crippen LogP contribution >= 0.6 is 0 Å². The molecule has 8 heteroatoms. The molecule has 1 aromatic carbocycles. The van der Waals surface area contributed by atoms with Crippen LogP contribution < -0.4 is 16.9 Å². The zero-order valence-electron chi connectivity index (χ0n) is 9.07. The SMILES string of the molecule is N#C/C(=N\Nc1cc(F)cc(C(N)=O)c1)C(=N)N. The molecule has 0 radical (unpaired) electrons. The van der Waals surface area contributed by atoms with Crippen LogP contribution in [0, 0.1) is 22.6 Å². The van der Waals surface area contributed by atoms with Gasteiger partial charge in [0.1, 0.15) is 11.9 Å². The molecule has 18 heavy (non-hydrogen) atoms. The summed E-state index contributed by atoms with van der Waals surface area (Å²) < 4.78 is 13.1. The second kappa shape index (κ2) is 5.40. The van der Waals surface area contributed by atoms with Gasteiger partial charge in [0.15, 0.2) is 5.84 Å². The van der Waals surface area contributed by atoms with Crippen LogP contribution in [-0.2, 0) is 0 Å². The Balaban J connectivity index is 3.02. The topological polar surface area (TPSA) is 141 Å². The minimum absolute atomic E-state index is 0.0472. The summed E-state index contributed by atoms with van der Waals surface area (Å²) in [6.07, 6.45) is 0. The molecule has 1 amide bonds. The van der Waals surface area contributed by atoms with E-state index < -0.39 is 17.6 Å². The van der Waals surface area contributed by atoms with Gasteiger partial charge < -0.3 is 11.5 Å². The third-order valence-corrected chi connectivity index (χ3v) is 1.84. The molecule has 0 spiro atoms. The van der Waals surface area contributed by atoms with E-state index in [0.717, 1.165) is 12.1 Å². The summed E-state index contributed by atoms with van der Waals surface area (Å²) >= 11 is 0. The highest BCUT2D eigenvalue weighted by molar-refractivity contribution is 6.45. The molecular weight excluding hydrogens is 239 g/mol. The van der Waals surface area contributed by atoms with Crippen LogP contribution in [0.2, 0.25) is 0 Å². The second-order valence-corrected chi connectivity index (χ2v) is 3.19. The number of hydrogen-bond donors (Lipinski definition) is 4. The normalized spacial score (nSPS) is 10.6. The minimum atomic E-state index is -0.798. The van der Waals surface area contributed by atoms with Gasteiger partial charge in [0.05, 0.1) is 5.69 Å². The number of halogens is 1. The van der Waals surface area contributed by atoms with Crippen molar-refractivity contribution in [3.8, 4) is 6.07 Å². The van der Waals surface area contributed by atoms with Gasteiger partial charge in [-0.25, -0.2) is 4.39 Å². The number of benzene rings is 1. The molecule has 0 aliphatic rings. The van der Waals surface area contributed by atoms with E-state index in [0.29, 0.717) is 0 Å². The van der Waals surface area contributed by atoms with E-state index in [1.807, 2.05) is 0 Å². The fourth-order valence-electron chi connectivity index (χ4n) is 1.06. The Kier molecular flexibility index (Phi) is 3.93. The predicted molar refractivity (Wildman–Crippen MR) is 63.5 cm³/mol. The number of rotatable bonds is 4. The van der Waals surface area contributed by atoms with Crippen LogP contribution in [-0.4, -0.2) is 17.5 Å². The molecule has 1 rings (SSSR count). The summed E-state index contributed by atoms with van der Waals surface area (Å²) in [4.78, 5) is 10.9. The Bertz CT molecular complexity index is 574. The summed E-state index contributed by atoms with van der Waals surface area (Å²) in [5, 5.41) is 19.1. The van der Waals surface area contributed by atoms with Crippen LogP contribution in [0.3, 0.4) is 0 Å². The van der Waals surface area contributed by atoms with Gasteiger partial charge in [0.2, 0.25) is 11.6 Å². The predicted octanol–water partition coefficient (Wildman–Crippen LogP) is 0.152. The number of nitrogens with one attached hydrogen (secondary N) is 2. The molecule has 0 saturated carbocycles. The van der Waals surface area contributed by atoms with E-state index in [-0.39, 0.29) is 17.0 Å². The lowest BCUT2D eigenvalue weighted by Gasteiger charge is -2.03. The van der Waals surface area contributed by atoms with Gasteiger partial charge >= 0.3 is 0 Å². The van der Waals surface area contributed by atoms with E-state index in [9.17, 15) is 9.18 Å². The summed E-state index contributed by atoms with van der Waals surface area (Å²) in [5.41, 5.74) is 12.1. The van der Waals surface area contributed by atoms with Gasteiger partial charge in [-0.15, -0.1) is 0 Å². The third-order valence-electron chi connectivity index (χ3n) is 1.84. The largest absolute Gasteiger partial charge is 0.382 e. The van der Waals surface area contributed by atoms with Crippen LogP contribution in [0.15, 0.2) is 23.3 Å². The highest BCUT2D eigenvalue weighted by Crippen LogP contribution is 2.13. The van der Waals surface area contributed by atoms with Crippen molar-refractivity contribution in [2.45, 2.75) is 0 Å². The average molecular weight is 248 g/mol. The number of nitrogens with zero attached hydrogens (tertiary/aromatic N) is 2. The zero-order chi connectivity index (χ0) is 13.7. The molecule has 92 valence electrons. The van der Waals surface area contributed by atoms with Gasteiger partial charge in [-0.2, -0.15) is 10.4 Å². The van der Waals surface area contributed by atoms with Crippen LogP contribution in [0.5, 0.6) is 0 Å². The van der Waals surface area contributed by atoms with E-state index in [4.69, 9.17) is 22.1 Å². The molecule has 0 aliphatic carbocycles. The molecule has 0 fully saturated rings. The summed E-state index contributed by atoms with van der Waals surface area (Å²) in [6.45, 7) is 0. The van der Waals surface area contributed by atoms with E-state index in [1.165, 1.54) is 6.07 Å². The fraction of sp³-hybridized carbons (Fsp3) is 0. The van der Waals surface area contributed by atoms with Crippen molar-refractivity contribution in [1.29, 1.82) is 10.7 Å². The Hall–Kier alpha value is -2.95. The number of carbonyl (C=O) groups is 1. The van der Waals surface area contributed by atoms with Gasteiger partial charge in [-0.1, -0.05) is 0 Å². The van der Waals surface area contributed by atoms with Crippen molar-refractivity contribution in [2.75, 3.05) is 5.43 Å². The van der Waals surface area contributed by atoms with Crippen LogP contribution in [0.4, 0.5) is 10.1 Å². The van der Waals surface area contributed by atoms with Crippen molar-refractivity contribution in [1.82, 2.24) is 0 Å². The first-order valence-corrected chi connectivity index (χ1v) is 4.62. The monoisotopic (exact) mass is 248 g/mol. The molecule has 0 saturated heterocycles. The number of hydrazone groups is 1. The lowest BCUT2D eigenvalue weighted by molar-refractivity contribution is 0.1000. The smallest absolute Gasteiger partial charge is 0.248 e. The van der Waals surface area contributed by atoms with E-state index >= 15 is 0 Å². The van der Waals surface area contributed by atoms with E-state index in [2.05, 4.69) is 10.5 Å². The highest BCUT2D eigenvalue weighted by atomic mass is 19.1. The van der Waals surface area contributed by atoms with Crippen molar-refractivity contribution in [3.05, 3.63) is 29.6 Å². The number of amidine groups is 1. The Morgan fingerprint density at radius 2 is 2.11 bits per heavy atom. The Morgan fingerprint density at radius 3 is 2.61 bits per heavy atom. The highest BCUT2D eigenvalue weighted by Gasteiger charge is 2.06. The van der Waals surface area contributed by atoms with Crippen LogP contribution in [0.25, 0.3) is 0 Å². The van der Waals surface area contributed by atoms with Crippen molar-refractivity contribution in [3.63, 3.8) is 0 Å². The molecule has 1 aromatic rings. The maximum atomic E-state index is 13.1. The summed E-state index contributed by atoms with van der Waals surface area (Å²) in [7, 11) is 0. The van der Waals surface area contributed by atoms with E-state index in [1.54, 1.807) is 6.07 Å². The lowest BCUT2D eigenvalue weighted by atomic mass is 10.2. The van der Waals surface area contributed by atoms with Crippen molar-refractivity contribution >= 4 is 23.1 Å². The molecule has 0 unspecified atom stereocenters. The fourth-order valence-corrected chi connectivity index (χ4v) is 1.06. The Morgan fingerprint density at radius 1 is 1.44 bits per heavy atom. The standard InChI is InChI=1S/C10H9FN6O/c11-6-1-5(10(15)18)2-7(3-6)16-17-8(4-12)9(13)14/h1-3,16H,(H3,13,14)(H2,15,18)/b17-8+. The average Bonchev–Trinajstić information content (AvgIpc) is 2.28. The molecule has 0 heterocycles. The molecule has 6 N–H and O–H groups in total. The van der Waals surface area contributed by atoms with Gasteiger partial charge in [0.25, 0.3) is 0 Å². The Labute approximate surface area is 101 Å². The second-order valence-electron chi connectivity index (χ2n) is 3.19. The first-order chi connectivity index (χ1) is 8.43. The number of hydrogen-bond acceptors (Lipinski definition) is 5. The molecule has 0 atom stereocenters. The first kappa shape index (κ1) is 13.1. The lowest BCUT2D eigenvalue weighted by Crippen LogP contribution is -2.22. The molecule has 0 bridgehead atoms. The van der Waals surface area contributed by atoms with Crippen LogP contribution in [0.1, 0.15) is 10.4 Å². The zero-order valence-corrected chi connectivity index (χ0v) is 9.07. The number of carbonyl (C=O) groups excluding carboxylic acids is 1. The number of anilines is 1.